The highest BCUT2D eigenvalue weighted by Gasteiger charge is 2.20. The van der Waals surface area contributed by atoms with Gasteiger partial charge in [-0.3, -0.25) is 0 Å². The van der Waals surface area contributed by atoms with Gasteiger partial charge in [-0.05, 0) is 37.4 Å². The molecule has 0 radical (unpaired) electrons. The van der Waals surface area contributed by atoms with Gasteiger partial charge < -0.3 is 0 Å². The summed E-state index contributed by atoms with van der Waals surface area (Å²) in [6.07, 6.45) is 0.327. The molecule has 0 fully saturated rings. The summed E-state index contributed by atoms with van der Waals surface area (Å²) in [5.74, 6) is 0. The van der Waals surface area contributed by atoms with Crippen LogP contribution in [0.2, 0.25) is 0 Å². The summed E-state index contributed by atoms with van der Waals surface area (Å²) in [5.41, 5.74) is 0.962. The van der Waals surface area contributed by atoms with Crippen LogP contribution >= 0.6 is 31.9 Å². The Morgan fingerprint density at radius 3 is 2.18 bits per heavy atom. The molecule has 0 aliphatic heterocycles. The van der Waals surface area contributed by atoms with Gasteiger partial charge in [-0.25, -0.2) is 4.39 Å². The Bertz CT molecular complexity index is 215. The van der Waals surface area contributed by atoms with Crippen LogP contribution in [0.15, 0.2) is 30.3 Å². The monoisotopic (exact) mass is 280 g/mol. The van der Waals surface area contributed by atoms with E-state index in [1.54, 1.807) is 0 Å². The Hall–Kier alpha value is 0.110. The normalized spacial score (nSPS) is 11.5. The Morgan fingerprint density at radius 1 is 1.18 bits per heavy atom. The third-order valence-corrected chi connectivity index (χ3v) is 1.81. The summed E-state index contributed by atoms with van der Waals surface area (Å²) in [5, 5.41) is 0. The van der Waals surface area contributed by atoms with Gasteiger partial charge in [-0.2, -0.15) is 0 Å². The fourth-order valence-corrected chi connectivity index (χ4v) is 1.47. The Kier molecular flexibility index (Phi) is 3.07. The molecular weight excluding hydrogens is 275 g/mol. The quantitative estimate of drug-likeness (QED) is 0.726. The summed E-state index contributed by atoms with van der Waals surface area (Å²) in [6.45, 7) is 0. The number of rotatable bonds is 2. The maximum Gasteiger partial charge on any atom is 0.222 e. The fourth-order valence-electron chi connectivity index (χ4n) is 0.827. The van der Waals surface area contributed by atoms with Crippen LogP contribution in [0, 0.1) is 0 Å². The molecule has 0 N–H and O–H groups in total. The van der Waals surface area contributed by atoms with Crippen LogP contribution < -0.4 is 0 Å². The van der Waals surface area contributed by atoms with Crippen LogP contribution in [0.5, 0.6) is 0 Å². The zero-order valence-electron chi connectivity index (χ0n) is 5.73. The van der Waals surface area contributed by atoms with E-state index in [4.69, 9.17) is 0 Å². The molecular formula is C8H7Br2F. The van der Waals surface area contributed by atoms with Crippen molar-refractivity contribution in [3.05, 3.63) is 35.9 Å². The van der Waals surface area contributed by atoms with Gasteiger partial charge in [0.25, 0.3) is 0 Å². The lowest BCUT2D eigenvalue weighted by Gasteiger charge is -2.08. The number of alkyl halides is 3. The lowest BCUT2D eigenvalue weighted by atomic mass is 10.2. The SMILES string of the molecule is FC(Br)(Br)Cc1ccccc1. The van der Waals surface area contributed by atoms with Crippen molar-refractivity contribution in [1.82, 2.24) is 0 Å². The molecule has 1 aromatic carbocycles. The minimum Gasteiger partial charge on any atom is -0.218 e. The van der Waals surface area contributed by atoms with Crippen LogP contribution in [0.4, 0.5) is 4.39 Å². The van der Waals surface area contributed by atoms with Gasteiger partial charge in [0.05, 0.1) is 0 Å². The maximum atomic E-state index is 12.9. The van der Waals surface area contributed by atoms with Crippen molar-refractivity contribution in [1.29, 1.82) is 0 Å². The van der Waals surface area contributed by atoms with Gasteiger partial charge in [0.15, 0.2) is 0 Å². The molecule has 0 saturated heterocycles. The van der Waals surface area contributed by atoms with E-state index in [1.807, 2.05) is 30.3 Å². The predicted octanol–water partition coefficient (Wildman–Crippen LogP) is 3.64. The van der Waals surface area contributed by atoms with E-state index in [0.717, 1.165) is 5.56 Å². The molecule has 0 aliphatic rings. The fraction of sp³-hybridized carbons (Fsp3) is 0.250. The first-order valence-corrected chi connectivity index (χ1v) is 4.77. The summed E-state index contributed by atoms with van der Waals surface area (Å²) in [4.78, 5) is 0. The molecule has 0 amide bonds. The zero-order valence-corrected chi connectivity index (χ0v) is 8.90. The number of hydrogen-bond donors (Lipinski definition) is 0. The minimum absolute atomic E-state index is 0.327. The lowest BCUT2D eigenvalue weighted by molar-refractivity contribution is 0.428. The third-order valence-electron chi connectivity index (χ3n) is 1.25. The summed E-state index contributed by atoms with van der Waals surface area (Å²) >= 11 is 5.73. The van der Waals surface area contributed by atoms with Crippen LogP contribution in [0.1, 0.15) is 5.56 Å². The molecule has 1 rings (SSSR count). The summed E-state index contributed by atoms with van der Waals surface area (Å²) in [6, 6.07) is 9.46. The molecule has 0 aliphatic carbocycles. The van der Waals surface area contributed by atoms with Crippen molar-refractivity contribution in [2.45, 2.75) is 9.91 Å². The Labute approximate surface area is 82.1 Å². The molecule has 0 unspecified atom stereocenters. The minimum atomic E-state index is -1.47. The molecule has 1 aromatic rings. The van der Waals surface area contributed by atoms with E-state index in [-0.39, 0.29) is 0 Å². The lowest BCUT2D eigenvalue weighted by Crippen LogP contribution is -2.06. The molecule has 0 spiro atoms. The standard InChI is InChI=1S/C8H7Br2F/c9-8(10,11)6-7-4-2-1-3-5-7/h1-5H,6H2. The highest BCUT2D eigenvalue weighted by atomic mass is 79.9. The molecule has 3 heteroatoms. The van der Waals surface area contributed by atoms with Gasteiger partial charge in [0.1, 0.15) is 0 Å². The van der Waals surface area contributed by atoms with E-state index < -0.39 is 3.49 Å². The highest BCUT2D eigenvalue weighted by Crippen LogP contribution is 2.31. The second-order valence-corrected chi connectivity index (χ2v) is 5.86. The van der Waals surface area contributed by atoms with Crippen molar-refractivity contribution < 1.29 is 4.39 Å². The number of hydrogen-bond acceptors (Lipinski definition) is 0. The van der Waals surface area contributed by atoms with Crippen LogP contribution in [0.3, 0.4) is 0 Å². The van der Waals surface area contributed by atoms with Crippen molar-refractivity contribution >= 4 is 31.9 Å². The average molecular weight is 282 g/mol. The van der Waals surface area contributed by atoms with E-state index in [1.165, 1.54) is 0 Å². The number of halogens is 3. The Balaban J connectivity index is 2.66. The third kappa shape index (κ3) is 3.87. The molecule has 11 heavy (non-hydrogen) atoms. The number of benzene rings is 1. The maximum absolute atomic E-state index is 12.9. The van der Waals surface area contributed by atoms with Gasteiger partial charge in [0, 0.05) is 6.42 Å². The van der Waals surface area contributed by atoms with Crippen molar-refractivity contribution in [3.8, 4) is 0 Å². The smallest absolute Gasteiger partial charge is 0.218 e. The Morgan fingerprint density at radius 2 is 1.73 bits per heavy atom. The van der Waals surface area contributed by atoms with Gasteiger partial charge >= 0.3 is 0 Å². The van der Waals surface area contributed by atoms with E-state index in [9.17, 15) is 4.39 Å². The first-order valence-electron chi connectivity index (χ1n) is 3.18. The molecule has 0 aromatic heterocycles. The summed E-state index contributed by atoms with van der Waals surface area (Å²) in [7, 11) is 0. The molecule has 0 nitrogen and oxygen atoms in total. The van der Waals surface area contributed by atoms with E-state index >= 15 is 0 Å². The van der Waals surface area contributed by atoms with Crippen LogP contribution in [0.25, 0.3) is 0 Å². The second kappa shape index (κ2) is 3.68. The zero-order chi connectivity index (χ0) is 8.32. The van der Waals surface area contributed by atoms with Crippen molar-refractivity contribution in [3.63, 3.8) is 0 Å². The van der Waals surface area contributed by atoms with Gasteiger partial charge in [-0.1, -0.05) is 30.3 Å². The largest absolute Gasteiger partial charge is 0.222 e. The first-order chi connectivity index (χ1) is 5.08. The van der Waals surface area contributed by atoms with Crippen LogP contribution in [-0.4, -0.2) is 3.49 Å². The topological polar surface area (TPSA) is 0 Å². The predicted molar refractivity (Wildman–Crippen MR) is 51.8 cm³/mol. The molecule has 0 bridgehead atoms. The molecule has 0 heterocycles. The van der Waals surface area contributed by atoms with E-state index in [2.05, 4.69) is 31.9 Å². The van der Waals surface area contributed by atoms with E-state index in [0.29, 0.717) is 6.42 Å². The average Bonchev–Trinajstić information content (AvgIpc) is 1.85. The van der Waals surface area contributed by atoms with Gasteiger partial charge in [0.2, 0.25) is 3.49 Å². The summed E-state index contributed by atoms with van der Waals surface area (Å²) < 4.78 is 11.4. The second-order valence-electron chi connectivity index (χ2n) is 2.28. The van der Waals surface area contributed by atoms with Crippen LogP contribution in [-0.2, 0) is 6.42 Å². The molecule has 0 atom stereocenters. The molecule has 0 saturated carbocycles. The van der Waals surface area contributed by atoms with Crippen molar-refractivity contribution in [2.75, 3.05) is 0 Å². The van der Waals surface area contributed by atoms with Crippen molar-refractivity contribution in [2.24, 2.45) is 0 Å². The highest BCUT2D eigenvalue weighted by molar-refractivity contribution is 9.25. The van der Waals surface area contributed by atoms with Gasteiger partial charge in [-0.15, -0.1) is 0 Å². The first kappa shape index (κ1) is 9.20. The molecule has 60 valence electrons.